The number of ether oxygens (including phenoxy) is 1. The lowest BCUT2D eigenvalue weighted by atomic mass is 10.5. The van der Waals surface area contributed by atoms with Crippen LogP contribution in [0, 0.1) is 0 Å². The number of hydrogen-bond acceptors (Lipinski definition) is 3. The van der Waals surface area contributed by atoms with Gasteiger partial charge in [-0.2, -0.15) is 0 Å². The third-order valence-electron chi connectivity index (χ3n) is 1.40. The van der Waals surface area contributed by atoms with E-state index < -0.39 is 8.24 Å². The summed E-state index contributed by atoms with van der Waals surface area (Å²) in [5, 5.41) is 0.459. The van der Waals surface area contributed by atoms with E-state index in [1.54, 1.807) is 6.26 Å². The predicted octanol–water partition coefficient (Wildman–Crippen LogP) is 2.51. The number of furan rings is 1. The molecule has 1 aromatic rings. The summed E-state index contributed by atoms with van der Waals surface area (Å²) in [5.74, 6) is 0.782. The van der Waals surface area contributed by atoms with Crippen LogP contribution in [0.5, 0.6) is 0 Å². The minimum atomic E-state index is -1.39. The van der Waals surface area contributed by atoms with E-state index >= 15 is 0 Å². The Morgan fingerprint density at radius 1 is 1.57 bits per heavy atom. The fraction of sp³-hybridized carbons (Fsp3) is 0.444. The molecule has 1 aromatic heterocycles. The fourth-order valence-electron chi connectivity index (χ4n) is 0.874. The topological polar surface area (TPSA) is 34.4 Å². The Morgan fingerprint density at radius 3 is 2.79 bits per heavy atom. The van der Waals surface area contributed by atoms with Crippen molar-refractivity contribution in [1.29, 1.82) is 0 Å². The molecule has 78 valence electrons. The van der Waals surface area contributed by atoms with Crippen LogP contribution >= 0.6 is 12.2 Å². The molecule has 5 heteroatoms. The summed E-state index contributed by atoms with van der Waals surface area (Å²) in [7, 11) is -1.39. The molecule has 0 saturated heterocycles. The normalized spacial score (nSPS) is 11.1. The minimum absolute atomic E-state index is 0.392. The number of hydrogen-bond donors (Lipinski definition) is 1. The molecule has 0 bridgehead atoms. The lowest BCUT2D eigenvalue weighted by molar-refractivity contribution is 0.258. The molecule has 0 spiro atoms. The van der Waals surface area contributed by atoms with E-state index in [1.165, 1.54) is 0 Å². The Morgan fingerprint density at radius 2 is 2.29 bits per heavy atom. The summed E-state index contributed by atoms with van der Waals surface area (Å²) in [6.07, 6.45) is 1.62. The molecule has 0 atom stereocenters. The zero-order valence-electron chi connectivity index (χ0n) is 8.66. The largest absolute Gasteiger partial charge is 0.466 e. The van der Waals surface area contributed by atoms with Crippen molar-refractivity contribution in [3.63, 3.8) is 0 Å². The average Bonchev–Trinajstić information content (AvgIpc) is 2.49. The van der Waals surface area contributed by atoms with Gasteiger partial charge in [-0.1, -0.05) is 19.6 Å². The summed E-state index contributed by atoms with van der Waals surface area (Å²) in [6.45, 7) is 6.88. The van der Waals surface area contributed by atoms with Crippen molar-refractivity contribution in [3.05, 3.63) is 24.2 Å². The molecule has 1 heterocycles. The van der Waals surface area contributed by atoms with Gasteiger partial charge >= 0.3 is 0 Å². The van der Waals surface area contributed by atoms with Crippen LogP contribution in [-0.4, -0.2) is 13.4 Å². The molecule has 1 rings (SSSR count). The van der Waals surface area contributed by atoms with Crippen molar-refractivity contribution < 1.29 is 9.15 Å². The third kappa shape index (κ3) is 4.43. The highest BCUT2D eigenvalue weighted by Crippen LogP contribution is 2.03. The fourth-order valence-corrected chi connectivity index (χ4v) is 2.54. The van der Waals surface area contributed by atoms with Crippen LogP contribution in [0.15, 0.2) is 22.8 Å². The molecular formula is C9H15NO2SSi. The lowest BCUT2D eigenvalue weighted by Gasteiger charge is -2.19. The van der Waals surface area contributed by atoms with Crippen molar-refractivity contribution in [3.8, 4) is 0 Å². The molecule has 0 radical (unpaired) electrons. The van der Waals surface area contributed by atoms with Crippen LogP contribution < -0.4 is 4.98 Å². The first kappa shape index (κ1) is 11.3. The minimum Gasteiger partial charge on any atom is -0.466 e. The van der Waals surface area contributed by atoms with Crippen molar-refractivity contribution in [2.75, 3.05) is 0 Å². The van der Waals surface area contributed by atoms with Crippen LogP contribution in [0.25, 0.3) is 0 Å². The Kier molecular flexibility index (Phi) is 3.71. The molecule has 0 aliphatic rings. The standard InChI is InChI=1S/C9H15NO2SSi/c1-14(2,3)10-9(13)12-7-8-5-4-6-11-8/h4-6H,7H2,1-3H3,(H,10,13). The molecule has 0 aliphatic heterocycles. The smallest absolute Gasteiger partial charge is 0.248 e. The molecule has 0 amide bonds. The second kappa shape index (κ2) is 4.61. The molecule has 0 unspecified atom stereocenters. The highest BCUT2D eigenvalue weighted by Gasteiger charge is 2.15. The van der Waals surface area contributed by atoms with E-state index in [4.69, 9.17) is 21.4 Å². The zero-order valence-corrected chi connectivity index (χ0v) is 10.5. The number of thiocarbonyl (C=S) groups is 1. The highest BCUT2D eigenvalue weighted by atomic mass is 32.1. The molecule has 0 aliphatic carbocycles. The van der Waals surface area contributed by atoms with Gasteiger partial charge in [-0.15, -0.1) is 0 Å². The van der Waals surface area contributed by atoms with Gasteiger partial charge in [0, 0.05) is 0 Å². The van der Waals surface area contributed by atoms with E-state index in [0.717, 1.165) is 5.76 Å². The second-order valence-corrected chi connectivity index (χ2v) is 9.15. The lowest BCUT2D eigenvalue weighted by Crippen LogP contribution is -2.45. The third-order valence-corrected chi connectivity index (χ3v) is 2.78. The van der Waals surface area contributed by atoms with Gasteiger partial charge in [0.2, 0.25) is 5.17 Å². The SMILES string of the molecule is C[Si](C)(C)NC(=S)OCc1ccco1. The van der Waals surface area contributed by atoms with Crippen LogP contribution in [0.3, 0.4) is 0 Å². The number of nitrogens with one attached hydrogen (secondary N) is 1. The maximum atomic E-state index is 5.32. The maximum absolute atomic E-state index is 5.32. The van der Waals surface area contributed by atoms with E-state index in [-0.39, 0.29) is 0 Å². The summed E-state index contributed by atoms with van der Waals surface area (Å²) >= 11 is 5.03. The first-order chi connectivity index (χ1) is 6.47. The second-order valence-electron chi connectivity index (χ2n) is 4.03. The summed E-state index contributed by atoms with van der Waals surface area (Å²) in [6, 6.07) is 3.69. The average molecular weight is 229 g/mol. The van der Waals surface area contributed by atoms with Crippen molar-refractivity contribution in [2.45, 2.75) is 26.2 Å². The summed E-state index contributed by atoms with van der Waals surface area (Å²) < 4.78 is 10.4. The number of rotatable bonds is 3. The molecular weight excluding hydrogens is 214 g/mol. The van der Waals surface area contributed by atoms with Crippen molar-refractivity contribution in [1.82, 2.24) is 4.98 Å². The van der Waals surface area contributed by atoms with Gasteiger partial charge in [0.05, 0.1) is 6.26 Å². The summed E-state index contributed by atoms with van der Waals surface area (Å²) in [4.78, 5) is 3.19. The quantitative estimate of drug-likeness (QED) is 0.638. The van der Waals surface area contributed by atoms with Crippen molar-refractivity contribution in [2.24, 2.45) is 0 Å². The Bertz CT molecular complexity index is 292. The van der Waals surface area contributed by atoms with Gasteiger partial charge in [0.15, 0.2) is 0 Å². The van der Waals surface area contributed by atoms with Crippen LogP contribution in [0.4, 0.5) is 0 Å². The molecule has 0 fully saturated rings. The van der Waals surface area contributed by atoms with Crippen LogP contribution in [0.1, 0.15) is 5.76 Å². The first-order valence-electron chi connectivity index (χ1n) is 4.45. The predicted molar refractivity (Wildman–Crippen MR) is 62.6 cm³/mol. The van der Waals surface area contributed by atoms with Gasteiger partial charge in [-0.25, -0.2) is 0 Å². The zero-order chi connectivity index (χ0) is 10.6. The first-order valence-corrected chi connectivity index (χ1v) is 8.35. The van der Waals surface area contributed by atoms with E-state index in [1.807, 2.05) is 12.1 Å². The Labute approximate surface area is 90.5 Å². The van der Waals surface area contributed by atoms with Gasteiger partial charge in [0.1, 0.15) is 20.6 Å². The monoisotopic (exact) mass is 229 g/mol. The van der Waals surface area contributed by atoms with E-state index in [9.17, 15) is 0 Å². The highest BCUT2D eigenvalue weighted by molar-refractivity contribution is 7.80. The van der Waals surface area contributed by atoms with Crippen LogP contribution in [-0.2, 0) is 11.3 Å². The van der Waals surface area contributed by atoms with Crippen molar-refractivity contribution >= 4 is 25.6 Å². The summed E-state index contributed by atoms with van der Waals surface area (Å²) in [5.41, 5.74) is 0. The Hall–Kier alpha value is -0.813. The van der Waals surface area contributed by atoms with Gasteiger partial charge < -0.3 is 14.1 Å². The molecule has 3 nitrogen and oxygen atoms in total. The van der Waals surface area contributed by atoms with Gasteiger partial charge in [0.25, 0.3) is 0 Å². The molecule has 1 N–H and O–H groups in total. The molecule has 0 saturated carbocycles. The van der Waals surface area contributed by atoms with E-state index in [2.05, 4.69) is 24.6 Å². The Balaban J connectivity index is 2.29. The molecule has 0 aromatic carbocycles. The molecule has 14 heavy (non-hydrogen) atoms. The van der Waals surface area contributed by atoms with Gasteiger partial charge in [-0.05, 0) is 24.4 Å². The van der Waals surface area contributed by atoms with E-state index in [0.29, 0.717) is 11.8 Å². The van der Waals surface area contributed by atoms with Crippen LogP contribution in [0.2, 0.25) is 19.6 Å². The van der Waals surface area contributed by atoms with Gasteiger partial charge in [-0.3, -0.25) is 0 Å². The maximum Gasteiger partial charge on any atom is 0.248 e.